The Hall–Kier alpha value is -2.20. The van der Waals surface area contributed by atoms with Gasteiger partial charge in [0.05, 0.1) is 25.9 Å². The number of aliphatic hydroxyl groups is 1. The van der Waals surface area contributed by atoms with E-state index in [-0.39, 0.29) is 54.9 Å². The Morgan fingerprint density at radius 3 is 1.50 bits per heavy atom. The minimum absolute atomic E-state index is 0.0266. The van der Waals surface area contributed by atoms with E-state index in [4.69, 9.17) is 14.6 Å². The van der Waals surface area contributed by atoms with Crippen LogP contribution in [0.5, 0.6) is 0 Å². The van der Waals surface area contributed by atoms with Crippen molar-refractivity contribution in [2.24, 2.45) is 5.92 Å². The number of hydrogen-bond donors (Lipinski definition) is 2. The van der Waals surface area contributed by atoms with Crippen molar-refractivity contribution in [1.29, 1.82) is 0 Å². The summed E-state index contributed by atoms with van der Waals surface area (Å²) in [5, 5.41) is 11.4. The molecule has 0 aromatic carbocycles. The molecule has 1 fully saturated rings. The third kappa shape index (κ3) is 40.6. The van der Waals surface area contributed by atoms with Gasteiger partial charge in [0.2, 0.25) is 11.8 Å². The van der Waals surface area contributed by atoms with Gasteiger partial charge in [-0.1, -0.05) is 156 Å². The lowest BCUT2D eigenvalue weighted by atomic mass is 10.1. The van der Waals surface area contributed by atoms with Gasteiger partial charge >= 0.3 is 11.9 Å². The first-order chi connectivity index (χ1) is 27.8. The highest BCUT2D eigenvalue weighted by Gasteiger charge is 2.28. The molecule has 1 rings (SSSR count). The Morgan fingerprint density at radius 1 is 0.655 bits per heavy atom. The summed E-state index contributed by atoms with van der Waals surface area (Å²) in [5.74, 6) is 0.333. The van der Waals surface area contributed by atoms with E-state index in [9.17, 15) is 19.2 Å². The summed E-state index contributed by atoms with van der Waals surface area (Å²) in [6.45, 7) is 14.3. The molecular formula is C48H94N2O8. The van der Waals surface area contributed by atoms with Gasteiger partial charge in [0.1, 0.15) is 6.10 Å². The Kier molecular flexibility index (Phi) is 41.5. The number of aliphatic hydroxyl groups excluding tert-OH is 1. The second-order valence-corrected chi connectivity index (χ2v) is 17.4. The Labute approximate surface area is 357 Å². The van der Waals surface area contributed by atoms with Crippen molar-refractivity contribution in [3.63, 3.8) is 0 Å². The number of nitrogens with zero attached hydrogens (tertiary/aromatic N) is 1. The van der Waals surface area contributed by atoms with Crippen LogP contribution >= 0.6 is 0 Å². The molecule has 10 nitrogen and oxygen atoms in total. The molecule has 0 saturated carbocycles. The Balaban J connectivity index is 0. The molecule has 58 heavy (non-hydrogen) atoms. The quantitative estimate of drug-likeness (QED) is 0.0484. The van der Waals surface area contributed by atoms with Crippen LogP contribution in [-0.2, 0) is 33.4 Å². The van der Waals surface area contributed by atoms with Crippen LogP contribution in [0.15, 0.2) is 0 Å². The van der Waals surface area contributed by atoms with Gasteiger partial charge in [-0.15, -0.1) is 0 Å². The molecule has 0 aromatic rings. The third-order valence-corrected chi connectivity index (χ3v) is 10.8. The van der Waals surface area contributed by atoms with Gasteiger partial charge in [-0.3, -0.25) is 19.2 Å². The normalized spacial score (nSPS) is 13.7. The maximum absolute atomic E-state index is 12.4. The minimum atomic E-state index is -0.361. The number of esters is 2. The molecule has 0 bridgehead atoms. The lowest BCUT2D eigenvalue weighted by molar-refractivity contribution is -0.149. The number of hydrogen-bond acceptors (Lipinski definition) is 8. The highest BCUT2D eigenvalue weighted by molar-refractivity contribution is 5.84. The van der Waals surface area contributed by atoms with Crippen LogP contribution < -0.4 is 5.32 Å². The Bertz CT molecular complexity index is 967. The van der Waals surface area contributed by atoms with E-state index >= 15 is 0 Å². The zero-order valence-electron chi connectivity index (χ0n) is 39.2. The van der Waals surface area contributed by atoms with Crippen LogP contribution in [0.3, 0.4) is 0 Å². The number of carbonyl (C=O) groups is 4. The molecule has 10 heteroatoms. The molecule has 1 heterocycles. The lowest BCUT2D eigenvalue weighted by Crippen LogP contribution is -2.32. The summed E-state index contributed by atoms with van der Waals surface area (Å²) in [6, 6.07) is 0. The molecule has 0 radical (unpaired) electrons. The monoisotopic (exact) mass is 827 g/mol. The van der Waals surface area contributed by atoms with E-state index in [2.05, 4.69) is 37.7 Å². The molecule has 0 aliphatic carbocycles. The number of unbranched alkanes of at least 4 members (excludes halogenated alkanes) is 20. The molecule has 0 aromatic heterocycles. The predicted octanol–water partition coefficient (Wildman–Crippen LogP) is 11.4. The molecule has 2 amide bonds. The smallest absolute Gasteiger partial charge is 0.306 e. The molecule has 344 valence electrons. The zero-order chi connectivity index (χ0) is 43.7. The summed E-state index contributed by atoms with van der Waals surface area (Å²) in [7, 11) is 3.04. The van der Waals surface area contributed by atoms with Crippen molar-refractivity contribution in [2.45, 2.75) is 239 Å². The molecule has 1 saturated heterocycles. The zero-order valence-corrected chi connectivity index (χ0v) is 39.2. The molecule has 1 atom stereocenters. The van der Waals surface area contributed by atoms with Crippen LogP contribution in [0.2, 0.25) is 0 Å². The first kappa shape index (κ1) is 57.9. The summed E-state index contributed by atoms with van der Waals surface area (Å²) in [5.41, 5.74) is -0.361. The average molecular weight is 827 g/mol. The average Bonchev–Trinajstić information content (AvgIpc) is 3.68. The number of rotatable bonds is 34. The summed E-state index contributed by atoms with van der Waals surface area (Å²) >= 11 is 0. The number of carbonyl (C=O) groups excluding carboxylic acids is 4. The fourth-order valence-electron chi connectivity index (χ4n) is 6.53. The molecular weight excluding hydrogens is 733 g/mol. The van der Waals surface area contributed by atoms with Gasteiger partial charge < -0.3 is 29.5 Å². The van der Waals surface area contributed by atoms with Crippen LogP contribution in [-0.4, -0.2) is 85.9 Å². The van der Waals surface area contributed by atoms with Crippen LogP contribution in [0.1, 0.15) is 228 Å². The summed E-state index contributed by atoms with van der Waals surface area (Å²) < 4.78 is 15.0. The molecule has 1 unspecified atom stereocenters. The van der Waals surface area contributed by atoms with E-state index in [0.29, 0.717) is 44.8 Å². The molecule has 1 aliphatic rings. The van der Waals surface area contributed by atoms with Crippen LogP contribution in [0.25, 0.3) is 0 Å². The van der Waals surface area contributed by atoms with Crippen molar-refractivity contribution < 1.29 is 38.5 Å². The highest BCUT2D eigenvalue weighted by atomic mass is 16.5. The van der Waals surface area contributed by atoms with Crippen molar-refractivity contribution in [3.8, 4) is 0 Å². The number of likely N-dealkylation sites (tertiary alicyclic amines) is 1. The van der Waals surface area contributed by atoms with E-state index in [1.54, 1.807) is 12.0 Å². The van der Waals surface area contributed by atoms with Crippen molar-refractivity contribution in [1.82, 2.24) is 10.2 Å². The maximum atomic E-state index is 12.4. The maximum Gasteiger partial charge on any atom is 0.306 e. The predicted molar refractivity (Wildman–Crippen MR) is 240 cm³/mol. The number of methoxy groups -OCH3 is 2. The first-order valence-electron chi connectivity index (χ1n) is 23.8. The van der Waals surface area contributed by atoms with Gasteiger partial charge in [-0.05, 0) is 45.4 Å². The Morgan fingerprint density at radius 2 is 1.10 bits per heavy atom. The molecule has 0 spiro atoms. The standard InChI is InChI=1S/C28H52N2O4.C15H30O2.C5H12O2/c1-4-5-6-7-8-9-10-11-12-13-14-17-28(33)34-25-20-22-30(23-25)27(32)19-18-26(31)29-21-15-16-24(2)3;1-3-4-5-6-7-8-9-10-11-12-13-14-15(16)17-2;1-5(2,4-6)7-3/h24-25H,4-23H2,1-3H3,(H,29,31);3-14H2,1-2H3;6H,4H2,1-3H3. The van der Waals surface area contributed by atoms with E-state index < -0.39 is 0 Å². The largest absolute Gasteiger partial charge is 0.469 e. The van der Waals surface area contributed by atoms with E-state index in [1.807, 2.05) is 13.8 Å². The number of ether oxygens (including phenoxy) is 3. The molecule has 1 aliphatic heterocycles. The van der Waals surface area contributed by atoms with Crippen molar-refractivity contribution in [3.05, 3.63) is 0 Å². The highest BCUT2D eigenvalue weighted by Crippen LogP contribution is 2.17. The lowest BCUT2D eigenvalue weighted by Gasteiger charge is -2.18. The fourth-order valence-corrected chi connectivity index (χ4v) is 6.53. The number of amides is 2. The van der Waals surface area contributed by atoms with Gasteiger partial charge in [0, 0.05) is 52.3 Å². The van der Waals surface area contributed by atoms with Gasteiger partial charge in [-0.25, -0.2) is 0 Å². The van der Waals surface area contributed by atoms with Crippen LogP contribution in [0, 0.1) is 5.92 Å². The van der Waals surface area contributed by atoms with E-state index in [1.165, 1.54) is 129 Å². The first-order valence-corrected chi connectivity index (χ1v) is 23.8. The van der Waals surface area contributed by atoms with Crippen LogP contribution in [0.4, 0.5) is 0 Å². The van der Waals surface area contributed by atoms with E-state index in [0.717, 1.165) is 32.1 Å². The van der Waals surface area contributed by atoms with Gasteiger partial charge in [0.15, 0.2) is 0 Å². The minimum Gasteiger partial charge on any atom is -0.469 e. The summed E-state index contributed by atoms with van der Waals surface area (Å²) in [4.78, 5) is 49.0. The third-order valence-electron chi connectivity index (χ3n) is 10.8. The fraction of sp³-hybridized carbons (Fsp3) is 0.917. The second kappa shape index (κ2) is 41.5. The summed E-state index contributed by atoms with van der Waals surface area (Å²) in [6.07, 6.45) is 32.4. The van der Waals surface area contributed by atoms with Gasteiger partial charge in [-0.2, -0.15) is 0 Å². The number of nitrogens with one attached hydrogen (secondary N) is 1. The topological polar surface area (TPSA) is 131 Å². The second-order valence-electron chi connectivity index (χ2n) is 17.4. The van der Waals surface area contributed by atoms with Crippen molar-refractivity contribution >= 4 is 23.8 Å². The molecule has 2 N–H and O–H groups in total. The van der Waals surface area contributed by atoms with Crippen molar-refractivity contribution in [2.75, 3.05) is 40.5 Å². The van der Waals surface area contributed by atoms with Gasteiger partial charge in [0.25, 0.3) is 0 Å². The SMILES string of the molecule is CCCCCCCCCCCCCC(=O)OC.CCCCCCCCCCCCCC(=O)OC1CCN(C(=O)CCC(=O)NCCCC(C)C)C1.COC(C)(C)CO.